The van der Waals surface area contributed by atoms with Crippen LogP contribution in [0, 0.1) is 0 Å². The van der Waals surface area contributed by atoms with Crippen molar-refractivity contribution in [1.82, 2.24) is 0 Å². The topological polar surface area (TPSA) is 55.8 Å². The van der Waals surface area contributed by atoms with Gasteiger partial charge < -0.3 is 14.6 Å². The van der Waals surface area contributed by atoms with E-state index in [1.54, 1.807) is 0 Å². The van der Waals surface area contributed by atoms with Crippen LogP contribution in [0.1, 0.15) is 6.42 Å². The number of hydrogen-bond acceptors (Lipinski definition) is 4. The number of carbonyl (C=O) groups excluding carboxylic acids is 1. The van der Waals surface area contributed by atoms with E-state index in [1.807, 2.05) is 0 Å². The minimum atomic E-state index is 0.0362. The molecular weight excluding hydrogens is 136 g/mol. The van der Waals surface area contributed by atoms with Gasteiger partial charge in [0, 0.05) is 13.0 Å². The molecular formula is C6H12O4. The van der Waals surface area contributed by atoms with E-state index in [0.717, 1.165) is 0 Å². The summed E-state index contributed by atoms with van der Waals surface area (Å²) in [4.78, 5) is 9.59. The SMILES string of the molecule is O=COCCCOCCO. The van der Waals surface area contributed by atoms with Crippen LogP contribution in [0.4, 0.5) is 0 Å². The molecule has 0 aromatic carbocycles. The summed E-state index contributed by atoms with van der Waals surface area (Å²) < 4.78 is 9.27. The fourth-order valence-corrected chi connectivity index (χ4v) is 0.459. The van der Waals surface area contributed by atoms with Crippen LogP contribution in [0.5, 0.6) is 0 Å². The van der Waals surface area contributed by atoms with Gasteiger partial charge in [-0.15, -0.1) is 0 Å². The standard InChI is InChI=1S/C6H12O4/c7-2-5-9-3-1-4-10-6-8/h6-7H,1-5H2. The number of ether oxygens (including phenoxy) is 2. The molecule has 10 heavy (non-hydrogen) atoms. The molecule has 0 amide bonds. The van der Waals surface area contributed by atoms with Crippen molar-refractivity contribution in [2.45, 2.75) is 6.42 Å². The van der Waals surface area contributed by atoms with Crippen LogP contribution in [-0.2, 0) is 14.3 Å². The Hall–Kier alpha value is -0.610. The zero-order chi connectivity index (χ0) is 7.66. The first-order valence-electron chi connectivity index (χ1n) is 3.15. The van der Waals surface area contributed by atoms with Gasteiger partial charge in [-0.3, -0.25) is 4.79 Å². The van der Waals surface area contributed by atoms with E-state index in [9.17, 15) is 4.79 Å². The lowest BCUT2D eigenvalue weighted by molar-refractivity contribution is -0.129. The summed E-state index contributed by atoms with van der Waals surface area (Å²) in [5.41, 5.74) is 0. The smallest absolute Gasteiger partial charge is 0.293 e. The predicted octanol–water partition coefficient (Wildman–Crippen LogP) is -0.442. The van der Waals surface area contributed by atoms with Crippen molar-refractivity contribution in [2.75, 3.05) is 26.4 Å². The highest BCUT2D eigenvalue weighted by Crippen LogP contribution is 1.82. The summed E-state index contributed by atoms with van der Waals surface area (Å²) in [5.74, 6) is 0. The lowest BCUT2D eigenvalue weighted by atomic mass is 10.5. The summed E-state index contributed by atoms with van der Waals surface area (Å²) in [6.07, 6.45) is 0.679. The van der Waals surface area contributed by atoms with E-state index in [-0.39, 0.29) is 6.61 Å². The maximum absolute atomic E-state index is 9.59. The first kappa shape index (κ1) is 9.39. The molecule has 4 heteroatoms. The van der Waals surface area contributed by atoms with Crippen molar-refractivity contribution in [1.29, 1.82) is 0 Å². The largest absolute Gasteiger partial charge is 0.468 e. The third kappa shape index (κ3) is 7.39. The second kappa shape index (κ2) is 8.39. The molecule has 0 heterocycles. The Balaban J connectivity index is 2.70. The van der Waals surface area contributed by atoms with Gasteiger partial charge in [-0.25, -0.2) is 0 Å². The van der Waals surface area contributed by atoms with Gasteiger partial charge >= 0.3 is 0 Å². The fraction of sp³-hybridized carbons (Fsp3) is 0.833. The molecule has 0 rings (SSSR count). The summed E-state index contributed by atoms with van der Waals surface area (Å²) in [6.45, 7) is 1.70. The van der Waals surface area contributed by atoms with Crippen LogP contribution in [0.2, 0.25) is 0 Å². The van der Waals surface area contributed by atoms with E-state index in [2.05, 4.69) is 4.74 Å². The van der Waals surface area contributed by atoms with Gasteiger partial charge in [0.15, 0.2) is 0 Å². The van der Waals surface area contributed by atoms with E-state index in [0.29, 0.717) is 32.7 Å². The maximum atomic E-state index is 9.59. The minimum Gasteiger partial charge on any atom is -0.468 e. The van der Waals surface area contributed by atoms with Crippen molar-refractivity contribution in [2.24, 2.45) is 0 Å². The van der Waals surface area contributed by atoms with E-state index in [4.69, 9.17) is 9.84 Å². The van der Waals surface area contributed by atoms with Crippen LogP contribution >= 0.6 is 0 Å². The second-order valence-corrected chi connectivity index (χ2v) is 1.66. The van der Waals surface area contributed by atoms with Crippen LogP contribution in [-0.4, -0.2) is 38.0 Å². The normalized spacial score (nSPS) is 9.30. The summed E-state index contributed by atoms with van der Waals surface area (Å²) >= 11 is 0. The highest BCUT2D eigenvalue weighted by molar-refractivity contribution is 5.36. The molecule has 0 atom stereocenters. The number of rotatable bonds is 7. The van der Waals surface area contributed by atoms with E-state index < -0.39 is 0 Å². The van der Waals surface area contributed by atoms with Crippen LogP contribution in [0.25, 0.3) is 0 Å². The van der Waals surface area contributed by atoms with Crippen LogP contribution in [0.3, 0.4) is 0 Å². The molecule has 1 N–H and O–H groups in total. The second-order valence-electron chi connectivity index (χ2n) is 1.66. The predicted molar refractivity (Wildman–Crippen MR) is 34.5 cm³/mol. The Morgan fingerprint density at radius 1 is 1.30 bits per heavy atom. The fourth-order valence-electron chi connectivity index (χ4n) is 0.459. The van der Waals surface area contributed by atoms with Gasteiger partial charge in [-0.1, -0.05) is 0 Å². The third-order valence-corrected chi connectivity index (χ3v) is 0.855. The molecule has 0 aliphatic carbocycles. The van der Waals surface area contributed by atoms with Gasteiger partial charge in [0.05, 0.1) is 19.8 Å². The first-order valence-corrected chi connectivity index (χ1v) is 3.15. The molecule has 0 unspecified atom stereocenters. The lowest BCUT2D eigenvalue weighted by Gasteiger charge is -1.99. The van der Waals surface area contributed by atoms with Gasteiger partial charge in [-0.2, -0.15) is 0 Å². The molecule has 0 aromatic heterocycles. The van der Waals surface area contributed by atoms with Crippen molar-refractivity contribution in [3.63, 3.8) is 0 Å². The van der Waals surface area contributed by atoms with Gasteiger partial charge in [-0.05, 0) is 0 Å². The van der Waals surface area contributed by atoms with Crippen molar-refractivity contribution in [3.05, 3.63) is 0 Å². The molecule has 60 valence electrons. The Labute approximate surface area is 59.7 Å². The molecule has 0 fully saturated rings. The third-order valence-electron chi connectivity index (χ3n) is 0.855. The summed E-state index contributed by atoms with van der Waals surface area (Å²) in [5, 5.41) is 8.26. The average Bonchev–Trinajstić information content (AvgIpc) is 1.97. The zero-order valence-corrected chi connectivity index (χ0v) is 5.78. The highest BCUT2D eigenvalue weighted by Gasteiger charge is 1.86. The zero-order valence-electron chi connectivity index (χ0n) is 5.78. The van der Waals surface area contributed by atoms with E-state index >= 15 is 0 Å². The van der Waals surface area contributed by atoms with Crippen molar-refractivity contribution in [3.8, 4) is 0 Å². The molecule has 0 saturated heterocycles. The van der Waals surface area contributed by atoms with Crippen molar-refractivity contribution >= 4 is 6.47 Å². The Morgan fingerprint density at radius 2 is 2.10 bits per heavy atom. The maximum Gasteiger partial charge on any atom is 0.293 e. The average molecular weight is 148 g/mol. The number of carbonyl (C=O) groups is 1. The molecule has 0 aromatic rings. The van der Waals surface area contributed by atoms with Crippen LogP contribution in [0.15, 0.2) is 0 Å². The Morgan fingerprint density at radius 3 is 2.70 bits per heavy atom. The molecule has 0 spiro atoms. The number of aliphatic hydroxyl groups excluding tert-OH is 1. The molecule has 0 aliphatic rings. The molecule has 0 aliphatic heterocycles. The van der Waals surface area contributed by atoms with Gasteiger partial charge in [0.25, 0.3) is 6.47 Å². The molecule has 0 saturated carbocycles. The Bertz CT molecular complexity index is 74.1. The first-order chi connectivity index (χ1) is 4.91. The number of aliphatic hydroxyl groups is 1. The highest BCUT2D eigenvalue weighted by atomic mass is 16.5. The molecule has 0 bridgehead atoms. The minimum absolute atomic E-state index is 0.0362. The summed E-state index contributed by atoms with van der Waals surface area (Å²) in [7, 11) is 0. The van der Waals surface area contributed by atoms with Crippen molar-refractivity contribution < 1.29 is 19.4 Å². The number of hydrogen-bond donors (Lipinski definition) is 1. The van der Waals surface area contributed by atoms with Gasteiger partial charge in [0.2, 0.25) is 0 Å². The lowest BCUT2D eigenvalue weighted by Crippen LogP contribution is -2.03. The monoisotopic (exact) mass is 148 g/mol. The van der Waals surface area contributed by atoms with Gasteiger partial charge in [0.1, 0.15) is 0 Å². The molecule has 4 nitrogen and oxygen atoms in total. The quantitative estimate of drug-likeness (QED) is 0.393. The molecule has 0 radical (unpaired) electrons. The Kier molecular flexibility index (Phi) is 7.88. The van der Waals surface area contributed by atoms with Crippen LogP contribution < -0.4 is 0 Å². The van der Waals surface area contributed by atoms with E-state index in [1.165, 1.54) is 0 Å². The summed E-state index contributed by atoms with van der Waals surface area (Å²) in [6, 6.07) is 0.